The maximum absolute atomic E-state index is 12.6. The molecular formula is C15H13F3O2. The van der Waals surface area contributed by atoms with Crippen molar-refractivity contribution in [2.24, 2.45) is 0 Å². The van der Waals surface area contributed by atoms with E-state index in [-0.39, 0.29) is 0 Å². The van der Waals surface area contributed by atoms with Crippen molar-refractivity contribution in [3.63, 3.8) is 0 Å². The summed E-state index contributed by atoms with van der Waals surface area (Å²) in [5.74, 6) is 0.662. The number of ether oxygens (including phenoxy) is 2. The minimum atomic E-state index is -4.37. The van der Waals surface area contributed by atoms with Gasteiger partial charge in [0.2, 0.25) is 6.29 Å². The van der Waals surface area contributed by atoms with Crippen molar-refractivity contribution in [2.45, 2.75) is 18.9 Å². The van der Waals surface area contributed by atoms with Crippen LogP contribution in [0.15, 0.2) is 60.7 Å². The summed E-state index contributed by atoms with van der Waals surface area (Å²) in [6, 6.07) is 16.6. The smallest absolute Gasteiger partial charge is 0.396 e. The van der Waals surface area contributed by atoms with Crippen LogP contribution in [0, 0.1) is 0 Å². The van der Waals surface area contributed by atoms with Gasteiger partial charge in [-0.25, -0.2) is 0 Å². The average Bonchev–Trinajstić information content (AvgIpc) is 2.39. The molecule has 0 unspecified atom stereocenters. The zero-order chi connectivity index (χ0) is 14.4. The SMILES string of the molecule is FC(F)(F)CC(Oc1ccccc1)Oc1ccccc1. The maximum atomic E-state index is 12.6. The lowest BCUT2D eigenvalue weighted by Gasteiger charge is -2.21. The normalized spacial score (nSPS) is 11.4. The van der Waals surface area contributed by atoms with Gasteiger partial charge in [0.1, 0.15) is 17.9 Å². The molecule has 2 nitrogen and oxygen atoms in total. The van der Waals surface area contributed by atoms with E-state index in [4.69, 9.17) is 9.47 Å². The molecule has 5 heteroatoms. The Bertz CT molecular complexity index is 470. The van der Waals surface area contributed by atoms with Crippen LogP contribution in [0.3, 0.4) is 0 Å². The van der Waals surface area contributed by atoms with Crippen LogP contribution >= 0.6 is 0 Å². The largest absolute Gasteiger partial charge is 0.455 e. The van der Waals surface area contributed by atoms with Gasteiger partial charge in [-0.2, -0.15) is 13.2 Å². The summed E-state index contributed by atoms with van der Waals surface area (Å²) in [6.07, 6.45) is -6.97. The summed E-state index contributed by atoms with van der Waals surface area (Å²) in [4.78, 5) is 0. The summed E-state index contributed by atoms with van der Waals surface area (Å²) in [6.45, 7) is 0. The predicted molar refractivity (Wildman–Crippen MR) is 68.6 cm³/mol. The molecule has 0 amide bonds. The lowest BCUT2D eigenvalue weighted by atomic mass is 10.3. The van der Waals surface area contributed by atoms with Crippen molar-refractivity contribution >= 4 is 0 Å². The Labute approximate surface area is 114 Å². The topological polar surface area (TPSA) is 18.5 Å². The van der Waals surface area contributed by atoms with Crippen LogP contribution in [-0.4, -0.2) is 12.5 Å². The third kappa shape index (κ3) is 4.84. The second-order valence-electron chi connectivity index (χ2n) is 4.11. The lowest BCUT2D eigenvalue weighted by molar-refractivity contribution is -0.175. The van der Waals surface area contributed by atoms with Crippen molar-refractivity contribution in [3.8, 4) is 11.5 Å². The van der Waals surface area contributed by atoms with E-state index in [2.05, 4.69) is 0 Å². The van der Waals surface area contributed by atoms with E-state index in [1.807, 2.05) is 0 Å². The van der Waals surface area contributed by atoms with Crippen molar-refractivity contribution in [1.29, 1.82) is 0 Å². The molecular weight excluding hydrogens is 269 g/mol. The van der Waals surface area contributed by atoms with Gasteiger partial charge in [0, 0.05) is 0 Å². The molecule has 0 N–H and O–H groups in total. The maximum Gasteiger partial charge on any atom is 0.396 e. The van der Waals surface area contributed by atoms with Crippen molar-refractivity contribution in [2.75, 3.05) is 0 Å². The highest BCUT2D eigenvalue weighted by Crippen LogP contribution is 2.26. The van der Waals surface area contributed by atoms with Gasteiger partial charge in [-0.15, -0.1) is 0 Å². The number of alkyl halides is 3. The van der Waals surface area contributed by atoms with E-state index in [1.54, 1.807) is 60.7 Å². The minimum absolute atomic E-state index is 0.331. The fourth-order valence-electron chi connectivity index (χ4n) is 1.60. The Hall–Kier alpha value is -2.17. The van der Waals surface area contributed by atoms with E-state index in [0.29, 0.717) is 11.5 Å². The second-order valence-corrected chi connectivity index (χ2v) is 4.11. The summed E-state index contributed by atoms with van der Waals surface area (Å²) >= 11 is 0. The van der Waals surface area contributed by atoms with Gasteiger partial charge >= 0.3 is 6.18 Å². The van der Waals surface area contributed by atoms with E-state index in [0.717, 1.165) is 0 Å². The third-order valence-electron chi connectivity index (χ3n) is 2.42. The molecule has 0 aliphatic heterocycles. The quantitative estimate of drug-likeness (QED) is 0.756. The number of hydrogen-bond acceptors (Lipinski definition) is 2. The standard InChI is InChI=1S/C15H13F3O2/c16-15(17,18)11-14(19-12-7-3-1-4-8-12)20-13-9-5-2-6-10-13/h1-10,14H,11H2. The van der Waals surface area contributed by atoms with E-state index < -0.39 is 18.9 Å². The van der Waals surface area contributed by atoms with Crippen molar-refractivity contribution in [3.05, 3.63) is 60.7 Å². The van der Waals surface area contributed by atoms with Crippen LogP contribution in [0.4, 0.5) is 13.2 Å². The monoisotopic (exact) mass is 282 g/mol. The van der Waals surface area contributed by atoms with Gasteiger partial charge in [0.25, 0.3) is 0 Å². The first-order valence-electron chi connectivity index (χ1n) is 6.03. The molecule has 2 aromatic rings. The molecule has 20 heavy (non-hydrogen) atoms. The van der Waals surface area contributed by atoms with Crippen molar-refractivity contribution < 1.29 is 22.6 Å². The Kier molecular flexibility index (Phi) is 4.50. The highest BCUT2D eigenvalue weighted by molar-refractivity contribution is 5.23. The molecule has 0 aromatic heterocycles. The Morgan fingerprint density at radius 2 is 1.15 bits per heavy atom. The van der Waals surface area contributed by atoms with Crippen LogP contribution in [0.1, 0.15) is 6.42 Å². The molecule has 0 saturated heterocycles. The molecule has 0 aliphatic carbocycles. The highest BCUT2D eigenvalue weighted by Gasteiger charge is 2.34. The Morgan fingerprint density at radius 1 is 0.750 bits per heavy atom. The molecule has 0 bridgehead atoms. The zero-order valence-electron chi connectivity index (χ0n) is 10.5. The number of rotatable bonds is 5. The van der Waals surface area contributed by atoms with E-state index >= 15 is 0 Å². The Morgan fingerprint density at radius 3 is 1.50 bits per heavy atom. The second kappa shape index (κ2) is 6.32. The fourth-order valence-corrected chi connectivity index (χ4v) is 1.60. The van der Waals surface area contributed by atoms with Crippen molar-refractivity contribution in [1.82, 2.24) is 0 Å². The summed E-state index contributed by atoms with van der Waals surface area (Å²) in [5.41, 5.74) is 0. The number of benzene rings is 2. The number of halogens is 3. The highest BCUT2D eigenvalue weighted by atomic mass is 19.4. The van der Waals surface area contributed by atoms with Crippen LogP contribution in [0.25, 0.3) is 0 Å². The van der Waals surface area contributed by atoms with Gasteiger partial charge in [0.15, 0.2) is 0 Å². The molecule has 0 saturated carbocycles. The first-order chi connectivity index (χ1) is 9.53. The molecule has 0 spiro atoms. The molecule has 2 rings (SSSR count). The average molecular weight is 282 g/mol. The first kappa shape index (κ1) is 14.2. The van der Waals surface area contributed by atoms with Gasteiger partial charge in [-0.3, -0.25) is 0 Å². The summed E-state index contributed by atoms with van der Waals surface area (Å²) < 4.78 is 48.2. The van der Waals surface area contributed by atoms with Crippen LogP contribution in [0.2, 0.25) is 0 Å². The van der Waals surface area contributed by atoms with Gasteiger partial charge in [-0.1, -0.05) is 36.4 Å². The molecule has 2 aromatic carbocycles. The summed E-state index contributed by atoms with van der Waals surface area (Å²) in [5, 5.41) is 0. The molecule has 0 radical (unpaired) electrons. The lowest BCUT2D eigenvalue weighted by Crippen LogP contribution is -2.30. The minimum Gasteiger partial charge on any atom is -0.455 e. The van der Waals surface area contributed by atoms with Crippen LogP contribution in [0.5, 0.6) is 11.5 Å². The van der Waals surface area contributed by atoms with Gasteiger partial charge < -0.3 is 9.47 Å². The Balaban J connectivity index is 2.08. The molecule has 106 valence electrons. The van der Waals surface area contributed by atoms with Gasteiger partial charge in [-0.05, 0) is 24.3 Å². The fraction of sp³-hybridized carbons (Fsp3) is 0.200. The predicted octanol–water partition coefficient (Wildman–Crippen LogP) is 4.42. The first-order valence-corrected chi connectivity index (χ1v) is 6.03. The number of para-hydroxylation sites is 2. The molecule has 0 atom stereocenters. The number of hydrogen-bond donors (Lipinski definition) is 0. The van der Waals surface area contributed by atoms with Crippen LogP contribution in [-0.2, 0) is 0 Å². The summed E-state index contributed by atoms with van der Waals surface area (Å²) in [7, 11) is 0. The zero-order valence-corrected chi connectivity index (χ0v) is 10.5. The van der Waals surface area contributed by atoms with E-state index in [9.17, 15) is 13.2 Å². The molecule has 0 aliphatic rings. The molecule has 0 fully saturated rings. The third-order valence-corrected chi connectivity index (χ3v) is 2.42. The van der Waals surface area contributed by atoms with Crippen LogP contribution < -0.4 is 9.47 Å². The van der Waals surface area contributed by atoms with E-state index in [1.165, 1.54) is 0 Å². The molecule has 0 heterocycles. The van der Waals surface area contributed by atoms with Gasteiger partial charge in [0.05, 0.1) is 0 Å².